The third-order valence-electron chi connectivity index (χ3n) is 4.58. The molecule has 0 saturated heterocycles. The SMILES string of the molecule is CCOc1ccc2nc(C)cc(SC[C@H](NC(=O)CC[C@H](O)C(=O)O)C(=O)NCC(=O)O)c2c1. The number of pyridine rings is 1. The Morgan fingerprint density at radius 2 is 1.91 bits per heavy atom. The van der Waals surface area contributed by atoms with Gasteiger partial charge in [0.2, 0.25) is 11.8 Å². The summed E-state index contributed by atoms with van der Waals surface area (Å²) in [7, 11) is 0. The molecule has 0 aliphatic rings. The highest BCUT2D eigenvalue weighted by atomic mass is 32.2. The predicted molar refractivity (Wildman–Crippen MR) is 124 cm³/mol. The van der Waals surface area contributed by atoms with Gasteiger partial charge >= 0.3 is 11.9 Å². The number of nitrogens with one attached hydrogen (secondary N) is 2. The number of fused-ring (bicyclic) bond motifs is 1. The molecule has 2 amide bonds. The average Bonchev–Trinajstić information content (AvgIpc) is 2.78. The van der Waals surface area contributed by atoms with Crippen LogP contribution in [0.2, 0.25) is 0 Å². The van der Waals surface area contributed by atoms with E-state index in [1.54, 1.807) is 6.07 Å². The number of benzene rings is 1. The normalized spacial score (nSPS) is 12.6. The Balaban J connectivity index is 2.20. The van der Waals surface area contributed by atoms with E-state index in [0.717, 1.165) is 21.5 Å². The zero-order chi connectivity index (χ0) is 25.3. The van der Waals surface area contributed by atoms with Crippen molar-refractivity contribution in [2.24, 2.45) is 0 Å². The minimum absolute atomic E-state index is 0.0656. The number of ether oxygens (including phenoxy) is 1. The van der Waals surface area contributed by atoms with Crippen LogP contribution in [0.4, 0.5) is 0 Å². The number of thioether (sulfide) groups is 1. The van der Waals surface area contributed by atoms with Crippen LogP contribution >= 0.6 is 11.8 Å². The van der Waals surface area contributed by atoms with Crippen LogP contribution in [0, 0.1) is 6.92 Å². The number of carboxylic acids is 2. The van der Waals surface area contributed by atoms with Crippen molar-refractivity contribution in [1.82, 2.24) is 15.6 Å². The highest BCUT2D eigenvalue weighted by Gasteiger charge is 2.23. The molecule has 0 spiro atoms. The summed E-state index contributed by atoms with van der Waals surface area (Å²) in [6.45, 7) is 3.56. The van der Waals surface area contributed by atoms with Crippen LogP contribution in [-0.2, 0) is 19.2 Å². The lowest BCUT2D eigenvalue weighted by molar-refractivity contribution is -0.147. The topological polar surface area (TPSA) is 175 Å². The summed E-state index contributed by atoms with van der Waals surface area (Å²) in [5.41, 5.74) is 1.47. The second kappa shape index (κ2) is 12.8. The zero-order valence-corrected chi connectivity index (χ0v) is 19.6. The van der Waals surface area contributed by atoms with Gasteiger partial charge in [0.1, 0.15) is 18.3 Å². The van der Waals surface area contributed by atoms with E-state index in [-0.39, 0.29) is 18.6 Å². The van der Waals surface area contributed by atoms with Crippen molar-refractivity contribution >= 4 is 46.4 Å². The van der Waals surface area contributed by atoms with Gasteiger partial charge < -0.3 is 30.7 Å². The number of carbonyl (C=O) groups excluding carboxylic acids is 2. The molecule has 1 heterocycles. The van der Waals surface area contributed by atoms with Gasteiger partial charge in [0.05, 0.1) is 12.1 Å². The highest BCUT2D eigenvalue weighted by molar-refractivity contribution is 7.99. The molecular formula is C22H27N3O8S. The van der Waals surface area contributed by atoms with Crippen LogP contribution in [0.5, 0.6) is 5.75 Å². The first-order valence-electron chi connectivity index (χ1n) is 10.5. The number of carboxylic acid groups (broad SMARTS) is 2. The van der Waals surface area contributed by atoms with Crippen LogP contribution in [0.3, 0.4) is 0 Å². The lowest BCUT2D eigenvalue weighted by Crippen LogP contribution is -2.49. The van der Waals surface area contributed by atoms with Crippen molar-refractivity contribution in [2.45, 2.75) is 43.7 Å². The van der Waals surface area contributed by atoms with Gasteiger partial charge in [0, 0.05) is 28.1 Å². The molecule has 0 aliphatic carbocycles. The van der Waals surface area contributed by atoms with E-state index < -0.39 is 42.4 Å². The van der Waals surface area contributed by atoms with Gasteiger partial charge in [-0.15, -0.1) is 11.8 Å². The van der Waals surface area contributed by atoms with E-state index in [0.29, 0.717) is 12.4 Å². The average molecular weight is 494 g/mol. The number of carbonyl (C=O) groups is 4. The van der Waals surface area contributed by atoms with Crippen molar-refractivity contribution in [3.05, 3.63) is 30.0 Å². The maximum Gasteiger partial charge on any atom is 0.332 e. The van der Waals surface area contributed by atoms with Crippen molar-refractivity contribution < 1.29 is 39.2 Å². The van der Waals surface area contributed by atoms with Gasteiger partial charge in [0.15, 0.2) is 6.10 Å². The third kappa shape index (κ3) is 8.19. The smallest absolute Gasteiger partial charge is 0.332 e. The fourth-order valence-electron chi connectivity index (χ4n) is 2.98. The quantitative estimate of drug-likeness (QED) is 0.253. The Morgan fingerprint density at radius 1 is 1.18 bits per heavy atom. The number of hydrogen-bond acceptors (Lipinski definition) is 8. The van der Waals surface area contributed by atoms with Crippen molar-refractivity contribution in [3.63, 3.8) is 0 Å². The molecule has 184 valence electrons. The van der Waals surface area contributed by atoms with Gasteiger partial charge in [0.25, 0.3) is 0 Å². The van der Waals surface area contributed by atoms with Gasteiger partial charge in [-0.2, -0.15) is 0 Å². The van der Waals surface area contributed by atoms with E-state index >= 15 is 0 Å². The van der Waals surface area contributed by atoms with Gasteiger partial charge in [-0.3, -0.25) is 19.4 Å². The number of aliphatic hydroxyl groups excluding tert-OH is 1. The molecule has 12 heteroatoms. The standard InChI is InChI=1S/C22H27N3O8S/c1-3-33-13-4-5-15-14(9-13)18(8-12(2)24-15)34-11-16(21(30)23-10-20(28)29)25-19(27)7-6-17(26)22(31)32/h4-5,8-9,16-17,26H,3,6-7,10-11H2,1-2H3,(H,23,30)(H,25,27)(H,28,29)(H,31,32)/t16-,17-/m0/s1. The molecule has 0 saturated carbocycles. The molecule has 11 nitrogen and oxygen atoms in total. The van der Waals surface area contributed by atoms with Crippen molar-refractivity contribution in [3.8, 4) is 5.75 Å². The minimum atomic E-state index is -1.70. The van der Waals surface area contributed by atoms with Crippen LogP contribution in [-0.4, -0.2) is 75.1 Å². The van der Waals surface area contributed by atoms with Crippen molar-refractivity contribution in [1.29, 1.82) is 0 Å². The number of aromatic nitrogens is 1. The molecule has 5 N–H and O–H groups in total. The monoisotopic (exact) mass is 493 g/mol. The van der Waals surface area contributed by atoms with Gasteiger partial charge in [-0.1, -0.05) is 0 Å². The first-order chi connectivity index (χ1) is 16.1. The maximum atomic E-state index is 12.5. The molecule has 0 aliphatic heterocycles. The molecule has 34 heavy (non-hydrogen) atoms. The number of amides is 2. The van der Waals surface area contributed by atoms with Crippen LogP contribution in [0.1, 0.15) is 25.5 Å². The van der Waals surface area contributed by atoms with E-state index in [2.05, 4.69) is 15.6 Å². The zero-order valence-electron chi connectivity index (χ0n) is 18.7. The lowest BCUT2D eigenvalue weighted by atomic mass is 10.2. The summed E-state index contributed by atoms with van der Waals surface area (Å²) < 4.78 is 5.56. The van der Waals surface area contributed by atoms with E-state index in [4.69, 9.17) is 14.9 Å². The molecule has 1 aromatic heterocycles. The first-order valence-corrected chi connectivity index (χ1v) is 11.5. The third-order valence-corrected chi connectivity index (χ3v) is 5.73. The largest absolute Gasteiger partial charge is 0.494 e. The number of hydrogen-bond donors (Lipinski definition) is 5. The van der Waals surface area contributed by atoms with E-state index in [9.17, 15) is 24.3 Å². The Hall–Kier alpha value is -3.38. The summed E-state index contributed by atoms with van der Waals surface area (Å²) in [4.78, 5) is 51.7. The second-order valence-electron chi connectivity index (χ2n) is 7.31. The lowest BCUT2D eigenvalue weighted by Gasteiger charge is -2.19. The summed E-state index contributed by atoms with van der Waals surface area (Å²) >= 11 is 1.27. The summed E-state index contributed by atoms with van der Waals surface area (Å²) in [5, 5.41) is 32.5. The molecule has 2 rings (SSSR count). The fraction of sp³-hybridized carbons (Fsp3) is 0.409. The summed E-state index contributed by atoms with van der Waals surface area (Å²) in [5.74, 6) is -3.32. The Labute approximate surface area is 199 Å². The highest BCUT2D eigenvalue weighted by Crippen LogP contribution is 2.31. The number of aryl methyl sites for hydroxylation is 1. The van der Waals surface area contributed by atoms with Crippen LogP contribution in [0.25, 0.3) is 10.9 Å². The molecule has 0 radical (unpaired) electrons. The molecule has 2 aromatic rings. The van der Waals surface area contributed by atoms with Crippen molar-refractivity contribution in [2.75, 3.05) is 18.9 Å². The molecule has 0 fully saturated rings. The Bertz CT molecular complexity index is 1060. The van der Waals surface area contributed by atoms with Gasteiger partial charge in [-0.25, -0.2) is 4.79 Å². The molecule has 2 atom stereocenters. The first kappa shape index (κ1) is 26.9. The summed E-state index contributed by atoms with van der Waals surface area (Å²) in [6.07, 6.45) is -2.35. The maximum absolute atomic E-state index is 12.5. The Morgan fingerprint density at radius 3 is 2.56 bits per heavy atom. The molecule has 0 bridgehead atoms. The summed E-state index contributed by atoms with van der Waals surface area (Å²) in [6, 6.07) is 6.20. The molecule has 1 aromatic carbocycles. The number of aliphatic carboxylic acids is 2. The second-order valence-corrected chi connectivity index (χ2v) is 8.37. The Kier molecular flexibility index (Phi) is 10.1. The minimum Gasteiger partial charge on any atom is -0.494 e. The van der Waals surface area contributed by atoms with Gasteiger partial charge in [-0.05, 0) is 44.5 Å². The molecular weight excluding hydrogens is 466 g/mol. The number of aliphatic hydroxyl groups is 1. The van der Waals surface area contributed by atoms with Crippen LogP contribution in [0.15, 0.2) is 29.2 Å². The molecule has 0 unspecified atom stereocenters. The predicted octanol–water partition coefficient (Wildman–Crippen LogP) is 0.945. The van der Waals surface area contributed by atoms with E-state index in [1.807, 2.05) is 32.0 Å². The van der Waals surface area contributed by atoms with E-state index in [1.165, 1.54) is 11.8 Å². The van der Waals surface area contributed by atoms with Crippen LogP contribution < -0.4 is 15.4 Å². The fourth-order valence-corrected chi connectivity index (χ4v) is 4.13. The number of nitrogens with zero attached hydrogens (tertiary/aromatic N) is 1. The number of rotatable bonds is 13.